The average Bonchev–Trinajstić information content (AvgIpc) is 3.44. The topological polar surface area (TPSA) is 89.6 Å². The summed E-state index contributed by atoms with van der Waals surface area (Å²) in [5.74, 6) is 2.26. The highest BCUT2D eigenvalue weighted by molar-refractivity contribution is 6.24. The first-order valence-electron chi connectivity index (χ1n) is 16.3. The zero-order chi connectivity index (χ0) is 32.8. The minimum absolute atomic E-state index is 0.0226. The van der Waals surface area contributed by atoms with E-state index in [0.717, 1.165) is 5.39 Å². The van der Waals surface area contributed by atoms with Gasteiger partial charge in [0.05, 0.1) is 38.3 Å². The maximum atomic E-state index is 17.0. The molecule has 4 fully saturated rings. The molecule has 11 heteroatoms. The van der Waals surface area contributed by atoms with E-state index in [9.17, 15) is 0 Å². The van der Waals surface area contributed by atoms with Crippen LogP contribution in [0.5, 0.6) is 6.01 Å². The number of nitrogen functional groups attached to an aromatic ring is 1. The van der Waals surface area contributed by atoms with Gasteiger partial charge in [-0.3, -0.25) is 9.88 Å². The lowest BCUT2D eigenvalue weighted by molar-refractivity contribution is 0.0879. The Hall–Kier alpha value is -3.78. The van der Waals surface area contributed by atoms with E-state index in [0.29, 0.717) is 72.5 Å². The number of hydrogen-bond donors (Lipinski definition) is 1. The van der Waals surface area contributed by atoms with E-state index in [1.807, 2.05) is 21.9 Å². The third-order valence-electron chi connectivity index (χ3n) is 9.92. The number of rotatable bonds is 5. The van der Waals surface area contributed by atoms with Gasteiger partial charge < -0.3 is 20.1 Å². The van der Waals surface area contributed by atoms with Crippen molar-refractivity contribution in [3.8, 4) is 29.6 Å². The Balaban J connectivity index is 1.31. The lowest BCUT2D eigenvalue weighted by Crippen LogP contribution is -2.46. The highest BCUT2D eigenvalue weighted by atomic mass is 35.5. The van der Waals surface area contributed by atoms with Crippen molar-refractivity contribution in [1.29, 1.82) is 0 Å². The third-order valence-corrected chi connectivity index (χ3v) is 10.5. The summed E-state index contributed by atoms with van der Waals surface area (Å²) in [5.41, 5.74) is 6.24. The lowest BCUT2D eigenvalue weighted by Gasteiger charge is -2.33. The fourth-order valence-electron chi connectivity index (χ4n) is 7.61. The number of terminal acetylenes is 1. The highest BCUT2D eigenvalue weighted by Crippen LogP contribution is 2.47. The lowest BCUT2D eigenvalue weighted by atomic mass is 9.94. The number of anilines is 2. The Labute approximate surface area is 267 Å². The number of fused-ring (bicyclic) bond motifs is 4. The summed E-state index contributed by atoms with van der Waals surface area (Å²) in [6.45, 7) is 1.23. The zero-order valence-electron chi connectivity index (χ0n) is 26.6. The van der Waals surface area contributed by atoms with Crippen LogP contribution in [-0.2, 0) is 4.74 Å². The van der Waals surface area contributed by atoms with Crippen LogP contribution >= 0.6 is 11.6 Å². The smallest absolute Gasteiger partial charge is 0.319 e. The SMILES string of the molecule is [2H]C([2H])(Oc1nc(N2CCOC[C@@H]3[C@@H](Cl)[C@@H]32)c2cnc(-c3cc(N)cc4cccc(C#C)c34)c(F)c2n1)[C@@]12CCCN1[C@H](C)[C@H](F)C2. The fourth-order valence-corrected chi connectivity index (χ4v) is 8.07. The normalized spacial score (nSPS) is 30.4. The molecular weight excluding hydrogens is 598 g/mol. The van der Waals surface area contributed by atoms with Crippen molar-refractivity contribution in [2.45, 2.75) is 55.4 Å². The van der Waals surface area contributed by atoms with Crippen LogP contribution in [0, 0.1) is 24.1 Å². The zero-order valence-corrected chi connectivity index (χ0v) is 25.4. The standard InChI is InChI=1S/C34H33ClF2N6O2/c1-3-19-6-4-7-20-12-21(38)13-22(26(19)20)29-28(37)30-23(15-39-29)32(42-10-11-44-16-24-27(35)31(24)42)41-33(40-30)45-17-34-8-5-9-43(34)18(2)25(36)14-34/h1,4,6-7,12-13,15,18,24-25,27,31H,5,8-11,14,16-17,38H2,2H3/t18-,24-,25-,27-,31-,34+/m1/s1/i17D2. The predicted molar refractivity (Wildman–Crippen MR) is 171 cm³/mol. The van der Waals surface area contributed by atoms with Crippen LogP contribution in [0.15, 0.2) is 36.5 Å². The summed E-state index contributed by atoms with van der Waals surface area (Å²) in [7, 11) is 0. The van der Waals surface area contributed by atoms with Crippen molar-refractivity contribution >= 4 is 44.8 Å². The van der Waals surface area contributed by atoms with Crippen molar-refractivity contribution in [3.05, 3.63) is 47.9 Å². The molecule has 1 saturated carbocycles. The molecule has 4 aromatic rings. The van der Waals surface area contributed by atoms with Gasteiger partial charge in [-0.15, -0.1) is 18.0 Å². The number of hydrogen-bond acceptors (Lipinski definition) is 8. The molecule has 8 rings (SSSR count). The molecule has 2 aromatic heterocycles. The van der Waals surface area contributed by atoms with E-state index < -0.39 is 30.1 Å². The van der Waals surface area contributed by atoms with Crippen LogP contribution < -0.4 is 15.4 Å². The maximum Gasteiger partial charge on any atom is 0.319 e. The van der Waals surface area contributed by atoms with Crippen molar-refractivity contribution in [2.24, 2.45) is 5.92 Å². The largest absolute Gasteiger partial charge is 0.461 e. The number of ether oxygens (including phenoxy) is 2. The Bertz CT molecular complexity index is 1980. The molecule has 232 valence electrons. The van der Waals surface area contributed by atoms with Gasteiger partial charge in [0.1, 0.15) is 29.8 Å². The summed E-state index contributed by atoms with van der Waals surface area (Å²) in [4.78, 5) is 17.6. The number of benzene rings is 2. The monoisotopic (exact) mass is 632 g/mol. The summed E-state index contributed by atoms with van der Waals surface area (Å²) >= 11 is 6.67. The molecule has 3 aliphatic heterocycles. The van der Waals surface area contributed by atoms with Crippen LogP contribution in [0.1, 0.15) is 34.5 Å². The van der Waals surface area contributed by atoms with Gasteiger partial charge in [-0.25, -0.2) is 8.78 Å². The summed E-state index contributed by atoms with van der Waals surface area (Å²) < 4.78 is 62.1. The Kier molecular flexibility index (Phi) is 6.26. The second-order valence-electron chi connectivity index (χ2n) is 12.5. The van der Waals surface area contributed by atoms with Crippen LogP contribution in [0.3, 0.4) is 0 Å². The van der Waals surface area contributed by atoms with E-state index in [2.05, 4.69) is 15.9 Å². The quantitative estimate of drug-likeness (QED) is 0.179. The first-order chi connectivity index (χ1) is 22.5. The maximum absolute atomic E-state index is 17.0. The predicted octanol–water partition coefficient (Wildman–Crippen LogP) is 5.33. The number of pyridine rings is 1. The number of alkyl halides is 2. The average molecular weight is 633 g/mol. The molecule has 2 aromatic carbocycles. The molecule has 5 heterocycles. The number of nitrogens with two attached hydrogens (primary N) is 1. The first-order valence-corrected chi connectivity index (χ1v) is 15.7. The summed E-state index contributed by atoms with van der Waals surface area (Å²) in [6, 6.07) is 7.86. The van der Waals surface area contributed by atoms with Crippen molar-refractivity contribution in [3.63, 3.8) is 0 Å². The second kappa shape index (κ2) is 10.6. The summed E-state index contributed by atoms with van der Waals surface area (Å²) in [5, 5.41) is 1.44. The third kappa shape index (κ3) is 4.50. The molecule has 8 nitrogen and oxygen atoms in total. The van der Waals surface area contributed by atoms with E-state index >= 15 is 8.78 Å². The van der Waals surface area contributed by atoms with E-state index in [-0.39, 0.29) is 41.0 Å². The molecule has 45 heavy (non-hydrogen) atoms. The number of aromatic nitrogens is 3. The van der Waals surface area contributed by atoms with Crippen LogP contribution in [0.25, 0.3) is 32.9 Å². The van der Waals surface area contributed by atoms with Gasteiger partial charge in [-0.1, -0.05) is 18.1 Å². The van der Waals surface area contributed by atoms with E-state index in [1.165, 1.54) is 6.20 Å². The van der Waals surface area contributed by atoms with Gasteiger partial charge in [-0.05, 0) is 49.9 Å². The molecule has 0 spiro atoms. The van der Waals surface area contributed by atoms with Gasteiger partial charge in [0.15, 0.2) is 5.82 Å². The Morgan fingerprint density at radius 2 is 2.18 bits per heavy atom. The number of nitrogens with zero attached hydrogens (tertiary/aromatic N) is 5. The van der Waals surface area contributed by atoms with Gasteiger partial charge in [0, 0.05) is 53.3 Å². The minimum atomic E-state index is -2.39. The first kappa shape index (κ1) is 26.4. The molecule has 6 atom stereocenters. The molecule has 0 amide bonds. The van der Waals surface area contributed by atoms with Crippen LogP contribution in [0.4, 0.5) is 20.3 Å². The van der Waals surface area contributed by atoms with Crippen molar-refractivity contribution < 1.29 is 21.0 Å². The molecule has 0 unspecified atom stereocenters. The molecular formula is C34H33ClF2N6O2. The van der Waals surface area contributed by atoms with Crippen molar-refractivity contribution in [2.75, 3.05) is 43.5 Å². The fraction of sp³-hybridized carbons (Fsp3) is 0.441. The van der Waals surface area contributed by atoms with Gasteiger partial charge >= 0.3 is 6.01 Å². The van der Waals surface area contributed by atoms with Crippen molar-refractivity contribution in [1.82, 2.24) is 19.9 Å². The highest BCUT2D eigenvalue weighted by Gasteiger charge is 2.55. The van der Waals surface area contributed by atoms with Gasteiger partial charge in [0.25, 0.3) is 0 Å². The summed E-state index contributed by atoms with van der Waals surface area (Å²) in [6.07, 6.45) is 7.22. The van der Waals surface area contributed by atoms with E-state index in [1.54, 1.807) is 25.1 Å². The van der Waals surface area contributed by atoms with Crippen LogP contribution in [-0.4, -0.2) is 81.9 Å². The second-order valence-corrected chi connectivity index (χ2v) is 13.0. The van der Waals surface area contributed by atoms with Gasteiger partial charge in [0.2, 0.25) is 0 Å². The molecule has 3 saturated heterocycles. The molecule has 1 aliphatic carbocycles. The molecule has 0 bridgehead atoms. The molecule has 4 aliphatic rings. The van der Waals surface area contributed by atoms with E-state index in [4.69, 9.17) is 41.0 Å². The Morgan fingerprint density at radius 3 is 3.02 bits per heavy atom. The van der Waals surface area contributed by atoms with Gasteiger partial charge in [-0.2, -0.15) is 9.97 Å². The Morgan fingerprint density at radius 1 is 1.31 bits per heavy atom. The van der Waals surface area contributed by atoms with Crippen LogP contribution in [0.2, 0.25) is 0 Å². The molecule has 2 N–H and O–H groups in total. The minimum Gasteiger partial charge on any atom is -0.461 e. The number of halogens is 3. The molecule has 0 radical (unpaired) electrons.